The molecule has 0 aliphatic carbocycles. The van der Waals surface area contributed by atoms with Crippen LogP contribution in [0.4, 0.5) is 0 Å². The van der Waals surface area contributed by atoms with Crippen LogP contribution in [0.15, 0.2) is 16.5 Å². The molecule has 72 valence electrons. The number of thiocarbonyl (C=S) groups is 1. The van der Waals surface area contributed by atoms with Gasteiger partial charge in [-0.3, -0.25) is 0 Å². The van der Waals surface area contributed by atoms with Crippen molar-refractivity contribution in [3.63, 3.8) is 0 Å². The van der Waals surface area contributed by atoms with Crippen molar-refractivity contribution >= 4 is 17.1 Å². The first kappa shape index (κ1) is 10.5. The zero-order valence-corrected chi connectivity index (χ0v) is 9.44. The van der Waals surface area contributed by atoms with Gasteiger partial charge in [-0.1, -0.05) is 33.0 Å². The second kappa shape index (κ2) is 4.05. The lowest BCUT2D eigenvalue weighted by Gasteiger charge is -2.14. The van der Waals surface area contributed by atoms with Crippen molar-refractivity contribution in [2.75, 3.05) is 0 Å². The molecule has 0 saturated heterocycles. The Morgan fingerprint density at radius 2 is 1.92 bits per heavy atom. The normalized spacial score (nSPS) is 13.3. The zero-order chi connectivity index (χ0) is 10.0. The Kier molecular flexibility index (Phi) is 3.26. The van der Waals surface area contributed by atoms with Crippen molar-refractivity contribution in [3.8, 4) is 0 Å². The maximum absolute atomic E-state index is 5.48. The largest absolute Gasteiger partial charge is 0.461 e. The minimum Gasteiger partial charge on any atom is -0.461 e. The van der Waals surface area contributed by atoms with Crippen LogP contribution in [0.3, 0.4) is 0 Å². The summed E-state index contributed by atoms with van der Waals surface area (Å²) in [5.41, 5.74) is 0. The Morgan fingerprint density at radius 1 is 1.31 bits per heavy atom. The van der Waals surface area contributed by atoms with E-state index < -0.39 is 0 Å². The molecule has 1 unspecified atom stereocenters. The first-order chi connectivity index (χ1) is 6.02. The van der Waals surface area contributed by atoms with Gasteiger partial charge in [-0.15, -0.1) is 0 Å². The van der Waals surface area contributed by atoms with Gasteiger partial charge in [0.25, 0.3) is 0 Å². The van der Waals surface area contributed by atoms with Gasteiger partial charge in [0.05, 0.1) is 4.86 Å². The van der Waals surface area contributed by atoms with Crippen LogP contribution in [0.25, 0.3) is 0 Å². The fourth-order valence-corrected chi connectivity index (χ4v) is 1.48. The Balaban J connectivity index is 2.79. The van der Waals surface area contributed by atoms with E-state index in [1.165, 1.54) is 0 Å². The number of furan rings is 1. The summed E-state index contributed by atoms with van der Waals surface area (Å²) < 4.78 is 5.48. The molecule has 0 amide bonds. The fourth-order valence-electron chi connectivity index (χ4n) is 1.09. The molecular formula is C11H16OS. The van der Waals surface area contributed by atoms with Gasteiger partial charge < -0.3 is 4.42 Å². The molecule has 0 fully saturated rings. The van der Waals surface area contributed by atoms with Crippen LogP contribution in [-0.2, 0) is 0 Å². The van der Waals surface area contributed by atoms with Crippen molar-refractivity contribution in [3.05, 3.63) is 23.7 Å². The summed E-state index contributed by atoms with van der Waals surface area (Å²) in [6.45, 7) is 8.43. The molecule has 0 bridgehead atoms. The first-order valence-corrected chi connectivity index (χ1v) is 5.04. The Bertz CT molecular complexity index is 299. The van der Waals surface area contributed by atoms with Gasteiger partial charge in [0.15, 0.2) is 0 Å². The summed E-state index contributed by atoms with van der Waals surface area (Å²) in [6, 6.07) is 3.91. The molecule has 0 radical (unpaired) electrons. The minimum absolute atomic E-state index is 0.403. The van der Waals surface area contributed by atoms with E-state index in [0.29, 0.717) is 11.8 Å². The molecule has 1 aromatic rings. The predicted octanol–water partition coefficient (Wildman–Crippen LogP) is 3.60. The van der Waals surface area contributed by atoms with Crippen molar-refractivity contribution in [2.45, 2.75) is 27.7 Å². The second-order valence-electron chi connectivity index (χ2n) is 3.81. The van der Waals surface area contributed by atoms with E-state index in [1.807, 2.05) is 19.1 Å². The highest BCUT2D eigenvalue weighted by Crippen LogP contribution is 2.19. The fraction of sp³-hybridized carbons (Fsp3) is 0.545. The summed E-state index contributed by atoms with van der Waals surface area (Å²) in [7, 11) is 0. The molecule has 1 atom stereocenters. The van der Waals surface area contributed by atoms with E-state index >= 15 is 0 Å². The molecule has 2 heteroatoms. The van der Waals surface area contributed by atoms with Gasteiger partial charge >= 0.3 is 0 Å². The molecule has 0 aliphatic rings. The van der Waals surface area contributed by atoms with Gasteiger partial charge in [-0.2, -0.15) is 0 Å². The molecule has 0 N–H and O–H groups in total. The summed E-state index contributed by atoms with van der Waals surface area (Å²) >= 11 is 5.34. The van der Waals surface area contributed by atoms with Crippen LogP contribution in [0.5, 0.6) is 0 Å². The highest BCUT2D eigenvalue weighted by Gasteiger charge is 2.16. The number of aryl methyl sites for hydroxylation is 1. The summed E-state index contributed by atoms with van der Waals surface area (Å²) in [4.78, 5) is 0.933. The standard InChI is InChI=1S/C11H16OS/c1-7(2)9(4)11(13)10-6-5-8(3)12-10/h5-7,9H,1-4H3. The lowest BCUT2D eigenvalue weighted by atomic mass is 9.93. The molecule has 1 nitrogen and oxygen atoms in total. The molecular weight excluding hydrogens is 180 g/mol. The van der Waals surface area contributed by atoms with Crippen molar-refractivity contribution < 1.29 is 4.42 Å². The number of rotatable bonds is 3. The summed E-state index contributed by atoms with van der Waals surface area (Å²) in [5, 5.41) is 0. The molecule has 0 saturated carbocycles. The predicted molar refractivity (Wildman–Crippen MR) is 59.1 cm³/mol. The van der Waals surface area contributed by atoms with Crippen LogP contribution in [-0.4, -0.2) is 4.86 Å². The van der Waals surface area contributed by atoms with Crippen molar-refractivity contribution in [1.29, 1.82) is 0 Å². The zero-order valence-electron chi connectivity index (χ0n) is 8.63. The lowest BCUT2D eigenvalue weighted by molar-refractivity contribution is 0.498. The number of hydrogen-bond acceptors (Lipinski definition) is 2. The Morgan fingerprint density at radius 3 is 2.31 bits per heavy atom. The third-order valence-corrected chi connectivity index (χ3v) is 2.97. The Hall–Kier alpha value is -0.630. The van der Waals surface area contributed by atoms with Gasteiger partial charge in [-0.25, -0.2) is 0 Å². The summed E-state index contributed by atoms with van der Waals surface area (Å²) in [6.07, 6.45) is 0. The molecule has 0 aliphatic heterocycles. The van der Waals surface area contributed by atoms with E-state index in [-0.39, 0.29) is 0 Å². The smallest absolute Gasteiger partial charge is 0.141 e. The molecule has 1 heterocycles. The second-order valence-corrected chi connectivity index (χ2v) is 4.25. The van der Waals surface area contributed by atoms with Crippen LogP contribution >= 0.6 is 12.2 Å². The average molecular weight is 196 g/mol. The van der Waals surface area contributed by atoms with E-state index in [9.17, 15) is 0 Å². The quantitative estimate of drug-likeness (QED) is 0.541. The average Bonchev–Trinajstić information content (AvgIpc) is 2.49. The molecule has 1 aromatic heterocycles. The van der Waals surface area contributed by atoms with E-state index in [4.69, 9.17) is 16.6 Å². The highest BCUT2D eigenvalue weighted by molar-refractivity contribution is 7.80. The topological polar surface area (TPSA) is 13.1 Å². The third kappa shape index (κ3) is 2.41. The maximum Gasteiger partial charge on any atom is 0.141 e. The third-order valence-electron chi connectivity index (χ3n) is 2.40. The van der Waals surface area contributed by atoms with E-state index in [1.54, 1.807) is 0 Å². The van der Waals surface area contributed by atoms with Crippen LogP contribution in [0, 0.1) is 18.8 Å². The maximum atomic E-state index is 5.48. The minimum atomic E-state index is 0.403. The Labute approximate surface area is 85.1 Å². The van der Waals surface area contributed by atoms with Crippen molar-refractivity contribution in [1.82, 2.24) is 0 Å². The molecule has 0 aromatic carbocycles. The van der Waals surface area contributed by atoms with Crippen molar-refractivity contribution in [2.24, 2.45) is 11.8 Å². The highest BCUT2D eigenvalue weighted by atomic mass is 32.1. The van der Waals surface area contributed by atoms with Gasteiger partial charge in [0, 0.05) is 0 Å². The first-order valence-electron chi connectivity index (χ1n) is 4.63. The van der Waals surface area contributed by atoms with E-state index in [0.717, 1.165) is 16.4 Å². The lowest BCUT2D eigenvalue weighted by Crippen LogP contribution is -2.15. The molecule has 13 heavy (non-hydrogen) atoms. The van der Waals surface area contributed by atoms with Gasteiger partial charge in [0.1, 0.15) is 11.5 Å². The van der Waals surface area contributed by atoms with Gasteiger partial charge in [-0.05, 0) is 30.9 Å². The van der Waals surface area contributed by atoms with Gasteiger partial charge in [0.2, 0.25) is 0 Å². The van der Waals surface area contributed by atoms with Crippen LogP contribution in [0.2, 0.25) is 0 Å². The molecule has 0 spiro atoms. The number of hydrogen-bond donors (Lipinski definition) is 0. The summed E-state index contributed by atoms with van der Waals surface area (Å²) in [5.74, 6) is 2.75. The monoisotopic (exact) mass is 196 g/mol. The molecule has 1 rings (SSSR count). The van der Waals surface area contributed by atoms with E-state index in [2.05, 4.69) is 20.8 Å². The SMILES string of the molecule is Cc1ccc(C(=S)C(C)C(C)C)o1. The van der Waals surface area contributed by atoms with Crippen LogP contribution < -0.4 is 0 Å². The van der Waals surface area contributed by atoms with Crippen LogP contribution in [0.1, 0.15) is 32.3 Å².